The number of nitrogens with one attached hydrogen (secondary N) is 1. The average molecular weight is 258 g/mol. The Bertz CT molecular complexity index is 561. The van der Waals surface area contributed by atoms with Crippen molar-refractivity contribution in [3.05, 3.63) is 53.9 Å². The molecule has 0 unspecified atom stereocenters. The lowest BCUT2D eigenvalue weighted by atomic mass is 10.2. The molecule has 0 aliphatic carbocycles. The van der Waals surface area contributed by atoms with Crippen molar-refractivity contribution in [1.29, 1.82) is 0 Å². The smallest absolute Gasteiger partial charge is 0.340 e. The summed E-state index contributed by atoms with van der Waals surface area (Å²) in [5.41, 5.74) is 2.51. The molecule has 0 atom stereocenters. The Morgan fingerprint density at radius 3 is 2.74 bits per heavy atom. The van der Waals surface area contributed by atoms with Gasteiger partial charge in [-0.05, 0) is 31.2 Å². The lowest BCUT2D eigenvalue weighted by Crippen LogP contribution is -2.10. The van der Waals surface area contributed by atoms with Crippen LogP contribution in [-0.2, 0) is 18.3 Å². The summed E-state index contributed by atoms with van der Waals surface area (Å²) in [6.07, 6.45) is 1.99. The van der Waals surface area contributed by atoms with Crippen molar-refractivity contribution in [1.82, 2.24) is 4.57 Å². The zero-order chi connectivity index (χ0) is 13.7. The van der Waals surface area contributed by atoms with Gasteiger partial charge < -0.3 is 14.6 Å². The van der Waals surface area contributed by atoms with Crippen molar-refractivity contribution in [3.8, 4) is 0 Å². The van der Waals surface area contributed by atoms with Crippen LogP contribution in [-0.4, -0.2) is 17.1 Å². The quantitative estimate of drug-likeness (QED) is 0.839. The molecule has 0 saturated carbocycles. The molecular weight excluding hydrogens is 240 g/mol. The van der Waals surface area contributed by atoms with E-state index in [0.29, 0.717) is 18.7 Å². The number of hydrogen-bond acceptors (Lipinski definition) is 3. The summed E-state index contributed by atoms with van der Waals surface area (Å²) >= 11 is 0. The van der Waals surface area contributed by atoms with Gasteiger partial charge in [-0.25, -0.2) is 4.79 Å². The van der Waals surface area contributed by atoms with Crippen molar-refractivity contribution in [2.45, 2.75) is 13.5 Å². The first kappa shape index (κ1) is 13.2. The topological polar surface area (TPSA) is 43.3 Å². The summed E-state index contributed by atoms with van der Waals surface area (Å²) in [6.45, 7) is 2.85. The maximum Gasteiger partial charge on any atom is 0.340 e. The highest BCUT2D eigenvalue weighted by molar-refractivity contribution is 5.95. The molecule has 2 aromatic rings. The molecule has 19 heavy (non-hydrogen) atoms. The number of carbonyl (C=O) groups excluding carboxylic acids is 1. The van der Waals surface area contributed by atoms with Crippen LogP contribution in [0.5, 0.6) is 0 Å². The molecule has 0 fully saturated rings. The Morgan fingerprint density at radius 2 is 2.05 bits per heavy atom. The molecule has 100 valence electrons. The van der Waals surface area contributed by atoms with Gasteiger partial charge in [0.25, 0.3) is 0 Å². The second kappa shape index (κ2) is 6.09. The molecule has 0 radical (unpaired) electrons. The van der Waals surface area contributed by atoms with E-state index in [4.69, 9.17) is 4.74 Å². The Kier molecular flexibility index (Phi) is 4.23. The fraction of sp³-hybridized carbons (Fsp3) is 0.267. The van der Waals surface area contributed by atoms with Crippen LogP contribution in [0.4, 0.5) is 5.69 Å². The molecule has 4 nitrogen and oxygen atoms in total. The van der Waals surface area contributed by atoms with Crippen molar-refractivity contribution in [2.75, 3.05) is 11.9 Å². The Morgan fingerprint density at radius 1 is 1.26 bits per heavy atom. The Balaban J connectivity index is 2.12. The predicted molar refractivity (Wildman–Crippen MR) is 75.1 cm³/mol. The summed E-state index contributed by atoms with van der Waals surface area (Å²) in [7, 11) is 1.99. The molecule has 1 N–H and O–H groups in total. The van der Waals surface area contributed by atoms with E-state index in [2.05, 4.69) is 5.32 Å². The number of aromatic nitrogens is 1. The maximum atomic E-state index is 11.8. The van der Waals surface area contributed by atoms with Crippen molar-refractivity contribution in [2.24, 2.45) is 7.05 Å². The molecule has 0 spiro atoms. The van der Waals surface area contributed by atoms with Crippen LogP contribution in [0.25, 0.3) is 0 Å². The van der Waals surface area contributed by atoms with E-state index in [1.165, 1.54) is 0 Å². The minimum absolute atomic E-state index is 0.294. The summed E-state index contributed by atoms with van der Waals surface area (Å²) in [6, 6.07) is 11.4. The zero-order valence-electron chi connectivity index (χ0n) is 11.2. The summed E-state index contributed by atoms with van der Waals surface area (Å²) in [4.78, 5) is 11.8. The van der Waals surface area contributed by atoms with Crippen LogP contribution in [0.15, 0.2) is 42.6 Å². The lowest BCUT2D eigenvalue weighted by Gasteiger charge is -2.11. The number of aryl methyl sites for hydroxylation is 1. The first-order valence-electron chi connectivity index (χ1n) is 6.32. The van der Waals surface area contributed by atoms with Gasteiger partial charge in [-0.2, -0.15) is 0 Å². The first-order valence-corrected chi connectivity index (χ1v) is 6.32. The number of nitrogens with zero attached hydrogens (tertiary/aromatic N) is 1. The largest absolute Gasteiger partial charge is 0.462 e. The summed E-state index contributed by atoms with van der Waals surface area (Å²) in [5.74, 6) is -0.294. The van der Waals surface area contributed by atoms with E-state index in [1.807, 2.05) is 48.1 Å². The summed E-state index contributed by atoms with van der Waals surface area (Å²) < 4.78 is 7.09. The van der Waals surface area contributed by atoms with E-state index in [9.17, 15) is 4.79 Å². The maximum absolute atomic E-state index is 11.8. The SMILES string of the molecule is CCOC(=O)c1ccccc1NCc1cccn1C. The highest BCUT2D eigenvalue weighted by atomic mass is 16.5. The molecule has 0 saturated heterocycles. The third-order valence-corrected chi connectivity index (χ3v) is 2.93. The fourth-order valence-corrected chi connectivity index (χ4v) is 1.89. The number of hydrogen-bond donors (Lipinski definition) is 1. The normalized spacial score (nSPS) is 10.2. The van der Waals surface area contributed by atoms with E-state index < -0.39 is 0 Å². The highest BCUT2D eigenvalue weighted by Gasteiger charge is 2.11. The van der Waals surface area contributed by atoms with E-state index in [-0.39, 0.29) is 5.97 Å². The van der Waals surface area contributed by atoms with Gasteiger partial charge in [0.2, 0.25) is 0 Å². The number of anilines is 1. The van der Waals surface area contributed by atoms with Crippen LogP contribution in [0.2, 0.25) is 0 Å². The minimum atomic E-state index is -0.294. The van der Waals surface area contributed by atoms with Gasteiger partial charge in [0.05, 0.1) is 18.7 Å². The number of para-hydroxylation sites is 1. The van der Waals surface area contributed by atoms with E-state index in [0.717, 1.165) is 11.4 Å². The predicted octanol–water partition coefficient (Wildman–Crippen LogP) is 2.81. The van der Waals surface area contributed by atoms with Crippen LogP contribution in [0, 0.1) is 0 Å². The molecule has 1 aromatic heterocycles. The minimum Gasteiger partial charge on any atom is -0.462 e. The first-order chi connectivity index (χ1) is 9.22. The van der Waals surface area contributed by atoms with Gasteiger partial charge in [0.15, 0.2) is 0 Å². The van der Waals surface area contributed by atoms with Gasteiger partial charge in [-0.3, -0.25) is 0 Å². The molecule has 0 amide bonds. The molecule has 4 heteroatoms. The Hall–Kier alpha value is -2.23. The van der Waals surface area contributed by atoms with Crippen LogP contribution in [0.1, 0.15) is 23.0 Å². The van der Waals surface area contributed by atoms with Crippen LogP contribution < -0.4 is 5.32 Å². The molecule has 0 bridgehead atoms. The van der Waals surface area contributed by atoms with Crippen LogP contribution >= 0.6 is 0 Å². The third-order valence-electron chi connectivity index (χ3n) is 2.93. The third kappa shape index (κ3) is 3.16. The molecule has 2 rings (SSSR count). The monoisotopic (exact) mass is 258 g/mol. The number of benzene rings is 1. The standard InChI is InChI=1S/C15H18N2O2/c1-3-19-15(18)13-8-4-5-9-14(13)16-11-12-7-6-10-17(12)2/h4-10,16H,3,11H2,1-2H3. The number of carbonyl (C=O) groups is 1. The van der Waals surface area contributed by atoms with Gasteiger partial charge in [0, 0.05) is 24.6 Å². The van der Waals surface area contributed by atoms with Crippen LogP contribution in [0.3, 0.4) is 0 Å². The number of rotatable bonds is 5. The van der Waals surface area contributed by atoms with Gasteiger partial charge in [-0.1, -0.05) is 12.1 Å². The van der Waals surface area contributed by atoms with Crippen molar-refractivity contribution in [3.63, 3.8) is 0 Å². The second-order valence-electron chi connectivity index (χ2n) is 4.23. The van der Waals surface area contributed by atoms with Gasteiger partial charge >= 0.3 is 5.97 Å². The molecule has 1 heterocycles. The molecule has 1 aromatic carbocycles. The van der Waals surface area contributed by atoms with Gasteiger partial charge in [0.1, 0.15) is 0 Å². The number of ether oxygens (including phenoxy) is 1. The Labute approximate surface area is 113 Å². The molecular formula is C15H18N2O2. The molecule has 0 aliphatic rings. The summed E-state index contributed by atoms with van der Waals surface area (Å²) in [5, 5.41) is 3.27. The van der Waals surface area contributed by atoms with Gasteiger partial charge in [-0.15, -0.1) is 0 Å². The van der Waals surface area contributed by atoms with Crippen molar-refractivity contribution >= 4 is 11.7 Å². The lowest BCUT2D eigenvalue weighted by molar-refractivity contribution is 0.0527. The highest BCUT2D eigenvalue weighted by Crippen LogP contribution is 2.17. The molecule has 0 aliphatic heterocycles. The second-order valence-corrected chi connectivity index (χ2v) is 4.23. The van der Waals surface area contributed by atoms with E-state index in [1.54, 1.807) is 13.0 Å². The fourth-order valence-electron chi connectivity index (χ4n) is 1.89. The average Bonchev–Trinajstić information content (AvgIpc) is 2.82. The zero-order valence-corrected chi connectivity index (χ0v) is 11.2. The van der Waals surface area contributed by atoms with Crippen molar-refractivity contribution < 1.29 is 9.53 Å². The van der Waals surface area contributed by atoms with E-state index >= 15 is 0 Å². The number of esters is 1.